The first-order valence-corrected chi connectivity index (χ1v) is 10.2. The number of hydrogen-bond donors (Lipinski definition) is 1. The van der Waals surface area contributed by atoms with E-state index in [4.69, 9.17) is 9.47 Å². The van der Waals surface area contributed by atoms with E-state index in [9.17, 15) is 4.79 Å². The molecule has 4 rings (SSSR count). The van der Waals surface area contributed by atoms with Crippen LogP contribution in [-0.4, -0.2) is 61.4 Å². The van der Waals surface area contributed by atoms with Crippen LogP contribution >= 0.6 is 0 Å². The van der Waals surface area contributed by atoms with E-state index in [0.29, 0.717) is 5.39 Å². The molecule has 0 atom stereocenters. The standard InChI is InChI=1S/C23H28N4O3/c1-26-15-20(17-4-6-25-14-19(17)23(26)28)16-12-21(29-2)18(22(13-16)30-3)5-9-27-10-7-24-8-11-27/h4,6,12-15,24H,5,7-11H2,1-3H3. The van der Waals surface area contributed by atoms with Gasteiger partial charge in [0.05, 0.1) is 19.6 Å². The summed E-state index contributed by atoms with van der Waals surface area (Å²) < 4.78 is 13.1. The molecule has 1 aliphatic heterocycles. The lowest BCUT2D eigenvalue weighted by Crippen LogP contribution is -2.44. The van der Waals surface area contributed by atoms with Gasteiger partial charge in [-0.2, -0.15) is 0 Å². The molecule has 1 aliphatic rings. The molecule has 30 heavy (non-hydrogen) atoms. The number of piperazine rings is 1. The maximum absolute atomic E-state index is 12.5. The molecule has 0 aliphatic carbocycles. The summed E-state index contributed by atoms with van der Waals surface area (Å²) in [5.41, 5.74) is 2.90. The van der Waals surface area contributed by atoms with Crippen molar-refractivity contribution in [1.82, 2.24) is 19.8 Å². The Morgan fingerprint density at radius 1 is 1.10 bits per heavy atom. The molecule has 158 valence electrons. The fourth-order valence-corrected chi connectivity index (χ4v) is 4.13. The molecule has 1 fully saturated rings. The molecule has 0 spiro atoms. The summed E-state index contributed by atoms with van der Waals surface area (Å²) >= 11 is 0. The molecule has 0 unspecified atom stereocenters. The van der Waals surface area contributed by atoms with Crippen LogP contribution in [0.15, 0.2) is 41.6 Å². The van der Waals surface area contributed by atoms with E-state index in [1.54, 1.807) is 38.2 Å². The molecule has 0 bridgehead atoms. The summed E-state index contributed by atoms with van der Waals surface area (Å²) in [6.45, 7) is 5.13. The third-order valence-electron chi connectivity index (χ3n) is 5.79. The van der Waals surface area contributed by atoms with Crippen molar-refractivity contribution in [2.45, 2.75) is 6.42 Å². The van der Waals surface area contributed by atoms with Gasteiger partial charge in [0.2, 0.25) is 0 Å². The van der Waals surface area contributed by atoms with E-state index in [2.05, 4.69) is 15.2 Å². The maximum atomic E-state index is 12.5. The second-order valence-corrected chi connectivity index (χ2v) is 7.58. The zero-order valence-corrected chi connectivity index (χ0v) is 17.8. The number of aryl methyl sites for hydroxylation is 1. The Hall–Kier alpha value is -2.90. The van der Waals surface area contributed by atoms with Crippen molar-refractivity contribution < 1.29 is 9.47 Å². The van der Waals surface area contributed by atoms with E-state index in [1.807, 2.05) is 24.4 Å². The van der Waals surface area contributed by atoms with E-state index in [-0.39, 0.29) is 5.56 Å². The normalized spacial score (nSPS) is 14.8. The first-order valence-electron chi connectivity index (χ1n) is 10.2. The highest BCUT2D eigenvalue weighted by Gasteiger charge is 2.18. The molecule has 0 radical (unpaired) electrons. The van der Waals surface area contributed by atoms with Crippen LogP contribution in [0.4, 0.5) is 0 Å². The van der Waals surface area contributed by atoms with Gasteiger partial charge < -0.3 is 24.3 Å². The van der Waals surface area contributed by atoms with Crippen molar-refractivity contribution in [2.24, 2.45) is 7.05 Å². The van der Waals surface area contributed by atoms with Gasteiger partial charge in [0.1, 0.15) is 11.5 Å². The van der Waals surface area contributed by atoms with Gasteiger partial charge in [-0.25, -0.2) is 0 Å². The fourth-order valence-electron chi connectivity index (χ4n) is 4.13. The first-order chi connectivity index (χ1) is 14.6. The van der Waals surface area contributed by atoms with Gasteiger partial charge in [0.15, 0.2) is 0 Å². The van der Waals surface area contributed by atoms with Crippen LogP contribution in [0.25, 0.3) is 21.9 Å². The average molecular weight is 409 g/mol. The molecule has 2 aromatic heterocycles. The molecule has 7 heteroatoms. The second-order valence-electron chi connectivity index (χ2n) is 7.58. The molecule has 1 aromatic carbocycles. The van der Waals surface area contributed by atoms with E-state index in [0.717, 1.165) is 72.7 Å². The fraction of sp³-hybridized carbons (Fsp3) is 0.391. The maximum Gasteiger partial charge on any atom is 0.259 e. The van der Waals surface area contributed by atoms with Gasteiger partial charge in [-0.05, 0) is 35.6 Å². The van der Waals surface area contributed by atoms with Crippen molar-refractivity contribution in [1.29, 1.82) is 0 Å². The zero-order valence-electron chi connectivity index (χ0n) is 17.8. The van der Waals surface area contributed by atoms with Crippen LogP contribution in [0.3, 0.4) is 0 Å². The lowest BCUT2D eigenvalue weighted by molar-refractivity contribution is 0.242. The molecule has 3 heterocycles. The Bertz CT molecular complexity index is 1080. The Morgan fingerprint density at radius 3 is 2.47 bits per heavy atom. The highest BCUT2D eigenvalue weighted by Crippen LogP contribution is 2.37. The lowest BCUT2D eigenvalue weighted by Gasteiger charge is -2.27. The minimum Gasteiger partial charge on any atom is -0.496 e. The highest BCUT2D eigenvalue weighted by atomic mass is 16.5. The van der Waals surface area contributed by atoms with Crippen molar-refractivity contribution in [3.05, 3.63) is 52.7 Å². The molecule has 0 saturated carbocycles. The summed E-state index contributed by atoms with van der Waals surface area (Å²) in [6.07, 6.45) is 6.04. The summed E-state index contributed by atoms with van der Waals surface area (Å²) in [6, 6.07) is 5.95. The monoisotopic (exact) mass is 408 g/mol. The highest BCUT2D eigenvalue weighted by molar-refractivity contribution is 5.95. The second kappa shape index (κ2) is 8.85. The summed E-state index contributed by atoms with van der Waals surface area (Å²) in [7, 11) is 5.14. The quantitative estimate of drug-likeness (QED) is 0.674. The smallest absolute Gasteiger partial charge is 0.259 e. The largest absolute Gasteiger partial charge is 0.496 e. The molecule has 1 N–H and O–H groups in total. The number of hydrogen-bond acceptors (Lipinski definition) is 6. The van der Waals surface area contributed by atoms with Gasteiger partial charge >= 0.3 is 0 Å². The third-order valence-corrected chi connectivity index (χ3v) is 5.79. The molecule has 1 saturated heterocycles. The van der Waals surface area contributed by atoms with Gasteiger partial charge in [-0.15, -0.1) is 0 Å². The summed E-state index contributed by atoms with van der Waals surface area (Å²) in [4.78, 5) is 19.1. The van der Waals surface area contributed by atoms with Gasteiger partial charge in [-0.1, -0.05) is 0 Å². The van der Waals surface area contributed by atoms with Crippen molar-refractivity contribution >= 4 is 10.8 Å². The number of ether oxygens (including phenoxy) is 2. The van der Waals surface area contributed by atoms with Gasteiger partial charge in [0, 0.05) is 69.5 Å². The average Bonchev–Trinajstić information content (AvgIpc) is 2.80. The van der Waals surface area contributed by atoms with Crippen molar-refractivity contribution in [3.63, 3.8) is 0 Å². The molecule has 3 aromatic rings. The van der Waals surface area contributed by atoms with Crippen LogP contribution in [-0.2, 0) is 13.5 Å². The predicted molar refractivity (Wildman–Crippen MR) is 119 cm³/mol. The van der Waals surface area contributed by atoms with Crippen LogP contribution in [0.1, 0.15) is 5.56 Å². The Labute approximate surface area is 176 Å². The molecule has 0 amide bonds. The number of benzene rings is 1. The minimum absolute atomic E-state index is 0.0616. The number of fused-ring (bicyclic) bond motifs is 1. The number of pyridine rings is 2. The van der Waals surface area contributed by atoms with E-state index in [1.165, 1.54) is 0 Å². The Balaban J connectivity index is 1.76. The Kier molecular flexibility index (Phi) is 6.01. The molecule has 7 nitrogen and oxygen atoms in total. The molecular formula is C23H28N4O3. The molecular weight excluding hydrogens is 380 g/mol. The number of rotatable bonds is 6. The van der Waals surface area contributed by atoms with Crippen LogP contribution in [0, 0.1) is 0 Å². The SMILES string of the molecule is COc1cc(-c2cn(C)c(=O)c3cnccc23)cc(OC)c1CCN1CCNCC1. The number of aromatic nitrogens is 2. The van der Waals surface area contributed by atoms with Crippen molar-refractivity contribution in [3.8, 4) is 22.6 Å². The number of methoxy groups -OCH3 is 2. The van der Waals surface area contributed by atoms with Crippen LogP contribution in [0.5, 0.6) is 11.5 Å². The van der Waals surface area contributed by atoms with E-state index >= 15 is 0 Å². The van der Waals surface area contributed by atoms with Crippen LogP contribution < -0.4 is 20.3 Å². The number of nitrogens with one attached hydrogen (secondary N) is 1. The third kappa shape index (κ3) is 3.91. The predicted octanol–water partition coefficient (Wildman–Crippen LogP) is 2.07. The first kappa shape index (κ1) is 20.4. The summed E-state index contributed by atoms with van der Waals surface area (Å²) in [5, 5.41) is 4.85. The topological polar surface area (TPSA) is 68.6 Å². The van der Waals surface area contributed by atoms with Gasteiger partial charge in [0.25, 0.3) is 5.56 Å². The van der Waals surface area contributed by atoms with Crippen LogP contribution in [0.2, 0.25) is 0 Å². The van der Waals surface area contributed by atoms with Crippen molar-refractivity contribution in [2.75, 3.05) is 46.9 Å². The zero-order chi connectivity index (χ0) is 21.1. The minimum atomic E-state index is -0.0616. The van der Waals surface area contributed by atoms with Gasteiger partial charge in [-0.3, -0.25) is 9.78 Å². The van der Waals surface area contributed by atoms with E-state index < -0.39 is 0 Å². The lowest BCUT2D eigenvalue weighted by atomic mass is 9.98. The summed E-state index contributed by atoms with van der Waals surface area (Å²) in [5.74, 6) is 1.60. The Morgan fingerprint density at radius 2 is 1.80 bits per heavy atom. The number of nitrogens with zero attached hydrogens (tertiary/aromatic N) is 3.